The predicted molar refractivity (Wildman–Crippen MR) is 84.8 cm³/mol. The molecule has 9 nitrogen and oxygen atoms in total. The monoisotopic (exact) mass is 370 g/mol. The molecule has 0 aliphatic rings. The Balaban J connectivity index is 4.52. The Morgan fingerprint density at radius 1 is 1.08 bits per heavy atom. The minimum absolute atomic E-state index is 0.0415. The maximum atomic E-state index is 11.7. The summed E-state index contributed by atoms with van der Waals surface area (Å²) in [5.74, 6) is -0.920. The van der Waals surface area contributed by atoms with Crippen LogP contribution in [0.25, 0.3) is 0 Å². The predicted octanol–water partition coefficient (Wildman–Crippen LogP) is 0.807. The van der Waals surface area contributed by atoms with Gasteiger partial charge in [-0.1, -0.05) is 20.3 Å². The molecule has 2 atom stereocenters. The highest BCUT2D eigenvalue weighted by Gasteiger charge is 2.25. The van der Waals surface area contributed by atoms with Gasteiger partial charge in [-0.25, -0.2) is 4.57 Å². The lowest BCUT2D eigenvalue weighted by Gasteiger charge is -2.19. The van der Waals surface area contributed by atoms with Gasteiger partial charge in [-0.2, -0.15) is 0 Å². The number of hydrogen-bond donors (Lipinski definition) is 2. The van der Waals surface area contributed by atoms with E-state index in [0.29, 0.717) is 19.4 Å². The zero-order valence-corrected chi connectivity index (χ0v) is 15.3. The van der Waals surface area contributed by atoms with E-state index in [1.807, 2.05) is 13.8 Å². The molecule has 0 saturated carbocycles. The lowest BCUT2D eigenvalue weighted by Crippen LogP contribution is -2.52. The summed E-state index contributed by atoms with van der Waals surface area (Å²) >= 11 is 0. The van der Waals surface area contributed by atoms with Gasteiger partial charge < -0.3 is 20.1 Å². The fourth-order valence-corrected chi connectivity index (χ4v) is 2.33. The van der Waals surface area contributed by atoms with Crippen molar-refractivity contribution in [3.05, 3.63) is 0 Å². The molecular formula is C14H29NO8P+. The molecule has 142 valence electrons. The van der Waals surface area contributed by atoms with E-state index in [4.69, 9.17) is 14.0 Å². The van der Waals surface area contributed by atoms with Crippen molar-refractivity contribution < 1.29 is 43.3 Å². The molecule has 0 rings (SSSR count). The van der Waals surface area contributed by atoms with E-state index in [-0.39, 0.29) is 26.1 Å². The van der Waals surface area contributed by atoms with Crippen molar-refractivity contribution in [1.29, 1.82) is 0 Å². The molecule has 0 aromatic rings. The number of rotatable bonds is 14. The maximum Gasteiger partial charge on any atom is 0.472 e. The molecule has 0 aromatic carbocycles. The minimum atomic E-state index is -4.26. The molecule has 0 aliphatic carbocycles. The molecule has 0 radical (unpaired) electrons. The van der Waals surface area contributed by atoms with Gasteiger partial charge in [0.25, 0.3) is 0 Å². The second-order valence-corrected chi connectivity index (χ2v) is 6.55. The Morgan fingerprint density at radius 2 is 1.79 bits per heavy atom. The van der Waals surface area contributed by atoms with Crippen LogP contribution in [-0.4, -0.2) is 49.3 Å². The topological polar surface area (TPSA) is 136 Å². The van der Waals surface area contributed by atoms with E-state index in [2.05, 4.69) is 10.3 Å². The molecule has 4 N–H and O–H groups in total. The first-order chi connectivity index (χ1) is 11.3. The maximum absolute atomic E-state index is 11.7. The van der Waals surface area contributed by atoms with Crippen LogP contribution in [0.2, 0.25) is 0 Å². The van der Waals surface area contributed by atoms with Crippen LogP contribution < -0.4 is 5.73 Å². The molecule has 0 spiro atoms. The van der Waals surface area contributed by atoms with Crippen LogP contribution in [0.5, 0.6) is 0 Å². The summed E-state index contributed by atoms with van der Waals surface area (Å²) in [7, 11) is -4.26. The van der Waals surface area contributed by atoms with Crippen molar-refractivity contribution in [2.45, 2.75) is 52.1 Å². The molecule has 24 heavy (non-hydrogen) atoms. The number of phosphoric acid groups is 1. The first-order valence-corrected chi connectivity index (χ1v) is 9.60. The van der Waals surface area contributed by atoms with Crippen LogP contribution in [-0.2, 0) is 32.7 Å². The summed E-state index contributed by atoms with van der Waals surface area (Å²) in [5, 5.41) is 0. The highest BCUT2D eigenvalue weighted by atomic mass is 31.2. The van der Waals surface area contributed by atoms with Crippen molar-refractivity contribution in [1.82, 2.24) is 0 Å². The average molecular weight is 370 g/mol. The molecule has 0 bridgehead atoms. The molecule has 0 heterocycles. The van der Waals surface area contributed by atoms with Gasteiger partial charge in [-0.15, -0.1) is 0 Å². The smallest absolute Gasteiger partial charge is 0.462 e. The number of phosphoric ester groups is 1. The van der Waals surface area contributed by atoms with Crippen molar-refractivity contribution in [2.75, 3.05) is 26.4 Å². The summed E-state index contributed by atoms with van der Waals surface area (Å²) in [6.07, 6.45) is 1.59. The molecule has 0 fully saturated rings. The SMILES string of the molecule is CCCCC(=O)O[C@H](COC(=O)CCC)COP(=O)(O)OCC[NH3+]. The van der Waals surface area contributed by atoms with Gasteiger partial charge in [0.15, 0.2) is 6.10 Å². The second-order valence-electron chi connectivity index (χ2n) is 5.10. The van der Waals surface area contributed by atoms with Crippen molar-refractivity contribution in [3.8, 4) is 0 Å². The quantitative estimate of drug-likeness (QED) is 0.339. The Hall–Kier alpha value is -0.990. The second kappa shape index (κ2) is 13.3. The number of hydrogen-bond acceptors (Lipinski definition) is 7. The van der Waals surface area contributed by atoms with Gasteiger partial charge in [0, 0.05) is 12.8 Å². The van der Waals surface area contributed by atoms with E-state index < -0.39 is 32.5 Å². The highest BCUT2D eigenvalue weighted by Crippen LogP contribution is 2.42. The van der Waals surface area contributed by atoms with Gasteiger partial charge in [-0.05, 0) is 12.8 Å². The number of esters is 2. The fraction of sp³-hybridized carbons (Fsp3) is 0.857. The normalized spacial score (nSPS) is 14.7. The van der Waals surface area contributed by atoms with Gasteiger partial charge >= 0.3 is 19.8 Å². The number of unbranched alkanes of at least 4 members (excludes halogenated alkanes) is 1. The number of carbonyl (C=O) groups is 2. The van der Waals surface area contributed by atoms with Gasteiger partial charge in [0.05, 0.1) is 13.2 Å². The lowest BCUT2D eigenvalue weighted by molar-refractivity contribution is -0.371. The van der Waals surface area contributed by atoms with E-state index in [1.54, 1.807) is 0 Å². The number of ether oxygens (including phenoxy) is 2. The van der Waals surface area contributed by atoms with Crippen LogP contribution in [0.3, 0.4) is 0 Å². The third-order valence-electron chi connectivity index (χ3n) is 2.74. The zero-order valence-electron chi connectivity index (χ0n) is 14.4. The Morgan fingerprint density at radius 3 is 2.38 bits per heavy atom. The first-order valence-electron chi connectivity index (χ1n) is 8.10. The number of quaternary nitrogens is 1. The molecule has 1 unspecified atom stereocenters. The van der Waals surface area contributed by atoms with E-state index in [1.165, 1.54) is 0 Å². The van der Waals surface area contributed by atoms with E-state index in [9.17, 15) is 19.0 Å². The number of carbonyl (C=O) groups excluding carboxylic acids is 2. The summed E-state index contributed by atoms with van der Waals surface area (Å²) in [6, 6.07) is 0. The minimum Gasteiger partial charge on any atom is -0.462 e. The summed E-state index contributed by atoms with van der Waals surface area (Å²) in [4.78, 5) is 32.6. The van der Waals surface area contributed by atoms with Gasteiger partial charge in [0.1, 0.15) is 13.2 Å². The van der Waals surface area contributed by atoms with Crippen molar-refractivity contribution >= 4 is 19.8 Å². The summed E-state index contributed by atoms with van der Waals surface area (Å²) in [5.41, 5.74) is 3.48. The molecule has 0 aliphatic heterocycles. The van der Waals surface area contributed by atoms with Crippen LogP contribution in [0.15, 0.2) is 0 Å². The zero-order chi connectivity index (χ0) is 18.4. The molecule has 0 amide bonds. The summed E-state index contributed by atoms with van der Waals surface area (Å²) in [6.45, 7) is 3.36. The van der Waals surface area contributed by atoms with Crippen LogP contribution in [0, 0.1) is 0 Å². The van der Waals surface area contributed by atoms with E-state index in [0.717, 1.165) is 6.42 Å². The van der Waals surface area contributed by atoms with Gasteiger partial charge in [0.2, 0.25) is 0 Å². The Bertz CT molecular complexity index is 418. The fourth-order valence-electron chi connectivity index (χ4n) is 1.54. The third-order valence-corrected chi connectivity index (χ3v) is 3.72. The average Bonchev–Trinajstić information content (AvgIpc) is 2.54. The highest BCUT2D eigenvalue weighted by molar-refractivity contribution is 7.47. The Kier molecular flexibility index (Phi) is 12.8. The first kappa shape index (κ1) is 23.0. The van der Waals surface area contributed by atoms with Crippen LogP contribution in [0.1, 0.15) is 46.0 Å². The van der Waals surface area contributed by atoms with Gasteiger partial charge in [-0.3, -0.25) is 18.6 Å². The molecule has 10 heteroatoms. The molecule has 0 aromatic heterocycles. The Labute approximate surface area is 142 Å². The van der Waals surface area contributed by atoms with Crippen molar-refractivity contribution in [2.24, 2.45) is 0 Å². The summed E-state index contributed by atoms with van der Waals surface area (Å²) < 4.78 is 31.2. The molecular weight excluding hydrogens is 341 g/mol. The van der Waals surface area contributed by atoms with Crippen LogP contribution >= 0.6 is 7.82 Å². The lowest BCUT2D eigenvalue weighted by atomic mass is 10.2. The molecule has 0 saturated heterocycles. The standard InChI is InChI=1S/C14H28NO8P/c1-3-5-7-14(17)23-12(10-20-13(16)6-4-2)11-22-24(18,19)21-9-8-15/h12H,3-11,15H2,1-2H3,(H,18,19)/p+1/t12-/m1/s1. The van der Waals surface area contributed by atoms with Crippen LogP contribution in [0.4, 0.5) is 0 Å². The third kappa shape index (κ3) is 12.4. The van der Waals surface area contributed by atoms with Crippen molar-refractivity contribution in [3.63, 3.8) is 0 Å². The van der Waals surface area contributed by atoms with E-state index >= 15 is 0 Å². The largest absolute Gasteiger partial charge is 0.472 e.